The Hall–Kier alpha value is -1.09. The van der Waals surface area contributed by atoms with Gasteiger partial charge in [0.1, 0.15) is 5.82 Å². The first-order valence-corrected chi connectivity index (χ1v) is 4.65. The summed E-state index contributed by atoms with van der Waals surface area (Å²) in [5, 5.41) is 9.03. The second-order valence-corrected chi connectivity index (χ2v) is 3.86. The molecule has 0 bridgehead atoms. The molecule has 1 aromatic carbocycles. The van der Waals surface area contributed by atoms with Crippen molar-refractivity contribution in [3.8, 4) is 0 Å². The Kier molecular flexibility index (Phi) is 2.19. The summed E-state index contributed by atoms with van der Waals surface area (Å²) >= 11 is 5.80. The second kappa shape index (κ2) is 3.24. The molecule has 1 N–H and O–H groups in total. The predicted octanol–water partition coefficient (Wildman–Crippen LogP) is 2.67. The van der Waals surface area contributed by atoms with E-state index in [9.17, 15) is 9.18 Å². The van der Waals surface area contributed by atoms with Crippen LogP contribution in [0.3, 0.4) is 0 Å². The molecule has 74 valence electrons. The molecular formula is C10H8ClFO2. The van der Waals surface area contributed by atoms with E-state index in [1.807, 2.05) is 0 Å². The number of halogens is 2. The van der Waals surface area contributed by atoms with Gasteiger partial charge in [-0.25, -0.2) is 4.39 Å². The molecule has 0 aliphatic heterocycles. The Morgan fingerprint density at radius 3 is 2.79 bits per heavy atom. The molecule has 0 unspecified atom stereocenters. The van der Waals surface area contributed by atoms with Crippen LogP contribution in [0, 0.1) is 11.7 Å². The van der Waals surface area contributed by atoms with Crippen molar-refractivity contribution in [3.05, 3.63) is 34.6 Å². The van der Waals surface area contributed by atoms with Crippen molar-refractivity contribution in [2.24, 2.45) is 5.92 Å². The van der Waals surface area contributed by atoms with Crippen LogP contribution in [0.2, 0.25) is 5.02 Å². The minimum Gasteiger partial charge on any atom is -0.481 e. The highest BCUT2D eigenvalue weighted by molar-refractivity contribution is 6.31. The molecular weight excluding hydrogens is 207 g/mol. The first-order valence-electron chi connectivity index (χ1n) is 4.27. The monoisotopic (exact) mass is 214 g/mol. The molecule has 1 fully saturated rings. The number of carboxylic acid groups (broad SMARTS) is 1. The van der Waals surface area contributed by atoms with E-state index in [0.717, 1.165) is 5.56 Å². The summed E-state index contributed by atoms with van der Waals surface area (Å²) in [4.78, 5) is 10.6. The third kappa shape index (κ3) is 1.60. The molecule has 1 aromatic rings. The van der Waals surface area contributed by atoms with Gasteiger partial charge in [0.2, 0.25) is 0 Å². The van der Waals surface area contributed by atoms with Gasteiger partial charge in [-0.3, -0.25) is 4.79 Å². The Morgan fingerprint density at radius 2 is 2.29 bits per heavy atom. The van der Waals surface area contributed by atoms with Gasteiger partial charge in [-0.15, -0.1) is 0 Å². The molecule has 0 radical (unpaired) electrons. The molecule has 1 saturated carbocycles. The van der Waals surface area contributed by atoms with Crippen LogP contribution < -0.4 is 0 Å². The number of rotatable bonds is 2. The fraction of sp³-hybridized carbons (Fsp3) is 0.300. The summed E-state index contributed by atoms with van der Waals surface area (Å²) in [5.74, 6) is -1.60. The maximum Gasteiger partial charge on any atom is 0.307 e. The summed E-state index contributed by atoms with van der Waals surface area (Å²) in [7, 11) is 0. The van der Waals surface area contributed by atoms with E-state index in [-0.39, 0.29) is 11.8 Å². The number of aliphatic carboxylic acids is 1. The van der Waals surface area contributed by atoms with Crippen LogP contribution in [-0.4, -0.2) is 11.1 Å². The van der Waals surface area contributed by atoms with Crippen molar-refractivity contribution in [1.82, 2.24) is 0 Å². The molecule has 14 heavy (non-hydrogen) atoms. The first-order chi connectivity index (χ1) is 6.59. The minimum atomic E-state index is -0.810. The largest absolute Gasteiger partial charge is 0.481 e. The molecule has 0 heterocycles. The SMILES string of the molecule is O=C(O)[C@@H]1C[C@H]1c1ccc(F)cc1Cl. The lowest BCUT2D eigenvalue weighted by Gasteiger charge is -2.01. The van der Waals surface area contributed by atoms with E-state index in [4.69, 9.17) is 16.7 Å². The second-order valence-electron chi connectivity index (χ2n) is 3.45. The molecule has 2 atom stereocenters. The van der Waals surface area contributed by atoms with Crippen LogP contribution in [0.25, 0.3) is 0 Å². The maximum absolute atomic E-state index is 12.7. The van der Waals surface area contributed by atoms with Crippen LogP contribution in [0.15, 0.2) is 18.2 Å². The Labute approximate surface area is 85.3 Å². The third-order valence-corrected chi connectivity index (χ3v) is 2.80. The van der Waals surface area contributed by atoms with Crippen LogP contribution in [0.5, 0.6) is 0 Å². The van der Waals surface area contributed by atoms with Crippen molar-refractivity contribution in [2.75, 3.05) is 0 Å². The maximum atomic E-state index is 12.7. The van der Waals surface area contributed by atoms with Crippen LogP contribution in [-0.2, 0) is 4.79 Å². The standard InChI is InChI=1S/C10H8ClFO2/c11-9-3-5(12)1-2-6(9)7-4-8(7)10(13)14/h1-3,7-8H,4H2,(H,13,14)/t7-,8+/m0/s1. The third-order valence-electron chi connectivity index (χ3n) is 2.47. The van der Waals surface area contributed by atoms with Crippen molar-refractivity contribution in [1.29, 1.82) is 0 Å². The summed E-state index contributed by atoms with van der Waals surface area (Å²) in [6.45, 7) is 0. The van der Waals surface area contributed by atoms with Crippen molar-refractivity contribution < 1.29 is 14.3 Å². The highest BCUT2D eigenvalue weighted by atomic mass is 35.5. The van der Waals surface area contributed by atoms with Gasteiger partial charge in [-0.05, 0) is 30.0 Å². The average molecular weight is 215 g/mol. The van der Waals surface area contributed by atoms with E-state index in [0.29, 0.717) is 11.4 Å². The van der Waals surface area contributed by atoms with E-state index in [1.165, 1.54) is 12.1 Å². The highest BCUT2D eigenvalue weighted by Crippen LogP contribution is 2.49. The molecule has 0 aromatic heterocycles. The van der Waals surface area contributed by atoms with Crippen LogP contribution in [0.1, 0.15) is 17.9 Å². The molecule has 0 amide bonds. The summed E-state index contributed by atoms with van der Waals surface area (Å²) in [6.07, 6.45) is 0.598. The van der Waals surface area contributed by atoms with E-state index in [2.05, 4.69) is 0 Å². The lowest BCUT2D eigenvalue weighted by molar-refractivity contribution is -0.138. The van der Waals surface area contributed by atoms with Gasteiger partial charge in [0.25, 0.3) is 0 Å². The molecule has 0 saturated heterocycles. The van der Waals surface area contributed by atoms with E-state index < -0.39 is 11.8 Å². The molecule has 0 spiro atoms. The van der Waals surface area contributed by atoms with Crippen molar-refractivity contribution >= 4 is 17.6 Å². The fourth-order valence-corrected chi connectivity index (χ4v) is 1.92. The Bertz CT molecular complexity index is 392. The summed E-state index contributed by atoms with van der Waals surface area (Å²) in [6, 6.07) is 4.08. The van der Waals surface area contributed by atoms with Gasteiger partial charge in [-0.1, -0.05) is 17.7 Å². The lowest BCUT2D eigenvalue weighted by Crippen LogP contribution is -1.99. The van der Waals surface area contributed by atoms with Gasteiger partial charge < -0.3 is 5.11 Å². The first kappa shape index (κ1) is 9.46. The van der Waals surface area contributed by atoms with Crippen molar-refractivity contribution in [2.45, 2.75) is 12.3 Å². The number of carbonyl (C=O) groups is 1. The summed E-state index contributed by atoms with van der Waals surface area (Å²) < 4.78 is 12.7. The van der Waals surface area contributed by atoms with Gasteiger partial charge in [-0.2, -0.15) is 0 Å². The average Bonchev–Trinajstić information content (AvgIpc) is 2.83. The van der Waals surface area contributed by atoms with Gasteiger partial charge in [0.15, 0.2) is 0 Å². The molecule has 2 rings (SSSR count). The van der Waals surface area contributed by atoms with Gasteiger partial charge in [0.05, 0.1) is 5.92 Å². The smallest absolute Gasteiger partial charge is 0.307 e. The molecule has 1 aliphatic rings. The normalized spacial score (nSPS) is 24.7. The van der Waals surface area contributed by atoms with Crippen LogP contribution >= 0.6 is 11.6 Å². The van der Waals surface area contributed by atoms with Crippen molar-refractivity contribution in [3.63, 3.8) is 0 Å². The molecule has 2 nitrogen and oxygen atoms in total. The molecule has 1 aliphatic carbocycles. The zero-order chi connectivity index (χ0) is 10.3. The number of hydrogen-bond acceptors (Lipinski definition) is 1. The number of hydrogen-bond donors (Lipinski definition) is 1. The van der Waals surface area contributed by atoms with Crippen LogP contribution in [0.4, 0.5) is 4.39 Å². The topological polar surface area (TPSA) is 37.3 Å². The summed E-state index contributed by atoms with van der Waals surface area (Å²) in [5.41, 5.74) is 0.737. The minimum absolute atomic E-state index is 0.0411. The van der Waals surface area contributed by atoms with E-state index >= 15 is 0 Å². The number of benzene rings is 1. The number of carboxylic acids is 1. The quantitative estimate of drug-likeness (QED) is 0.822. The molecule has 4 heteroatoms. The highest BCUT2D eigenvalue weighted by Gasteiger charge is 2.45. The fourth-order valence-electron chi connectivity index (χ4n) is 1.61. The van der Waals surface area contributed by atoms with E-state index in [1.54, 1.807) is 6.07 Å². The zero-order valence-corrected chi connectivity index (χ0v) is 7.96. The predicted molar refractivity (Wildman–Crippen MR) is 49.9 cm³/mol. The van der Waals surface area contributed by atoms with Gasteiger partial charge in [0, 0.05) is 5.02 Å². The Balaban J connectivity index is 2.23. The Morgan fingerprint density at radius 1 is 1.57 bits per heavy atom. The van der Waals surface area contributed by atoms with Gasteiger partial charge >= 0.3 is 5.97 Å². The zero-order valence-electron chi connectivity index (χ0n) is 7.21. The lowest BCUT2D eigenvalue weighted by atomic mass is 10.1.